The van der Waals surface area contributed by atoms with Gasteiger partial charge in [0, 0.05) is 29.4 Å². The van der Waals surface area contributed by atoms with Crippen LogP contribution in [-0.2, 0) is 12.3 Å². The fourth-order valence-corrected chi connectivity index (χ4v) is 3.97. The molecule has 25 heavy (non-hydrogen) atoms. The Morgan fingerprint density at radius 2 is 2.24 bits per heavy atom. The van der Waals surface area contributed by atoms with Gasteiger partial charge in [0.25, 0.3) is 5.91 Å². The summed E-state index contributed by atoms with van der Waals surface area (Å²) in [6.07, 6.45) is 1.71. The monoisotopic (exact) mass is 373 g/mol. The molecule has 3 aromatic heterocycles. The molecule has 130 valence electrons. The Hall–Kier alpha value is -2.12. The van der Waals surface area contributed by atoms with Crippen molar-refractivity contribution in [3.8, 4) is 0 Å². The molecule has 0 fully saturated rings. The van der Waals surface area contributed by atoms with E-state index in [-0.39, 0.29) is 5.91 Å². The summed E-state index contributed by atoms with van der Waals surface area (Å²) in [5, 5.41) is 6.74. The van der Waals surface area contributed by atoms with Crippen molar-refractivity contribution < 1.29 is 9.32 Å². The highest BCUT2D eigenvalue weighted by atomic mass is 32.2. The molecule has 0 aliphatic carbocycles. The van der Waals surface area contributed by atoms with Crippen LogP contribution >= 0.6 is 23.1 Å². The largest absolute Gasteiger partial charge is 0.361 e. The van der Waals surface area contributed by atoms with Crippen molar-refractivity contribution >= 4 is 29.0 Å². The van der Waals surface area contributed by atoms with Crippen LogP contribution in [0.25, 0.3) is 0 Å². The van der Waals surface area contributed by atoms with E-state index in [1.54, 1.807) is 23.6 Å². The molecular formula is C18H19N3O2S2. The second kappa shape index (κ2) is 8.31. The van der Waals surface area contributed by atoms with Gasteiger partial charge in [-0.2, -0.15) is 0 Å². The molecule has 0 N–H and O–H groups in total. The maximum atomic E-state index is 13.0. The number of hydrogen-bond donors (Lipinski definition) is 0. The molecule has 3 aromatic rings. The molecule has 0 saturated carbocycles. The van der Waals surface area contributed by atoms with Gasteiger partial charge in [-0.05, 0) is 37.4 Å². The number of aromatic nitrogens is 2. The molecule has 0 unspecified atom stereocenters. The van der Waals surface area contributed by atoms with Gasteiger partial charge >= 0.3 is 0 Å². The molecule has 0 spiro atoms. The van der Waals surface area contributed by atoms with Gasteiger partial charge < -0.3 is 9.42 Å². The lowest BCUT2D eigenvalue weighted by Crippen LogP contribution is -2.30. The fourth-order valence-electron chi connectivity index (χ4n) is 2.39. The van der Waals surface area contributed by atoms with Crippen molar-refractivity contribution in [1.82, 2.24) is 15.0 Å². The minimum atomic E-state index is 0.00262. The van der Waals surface area contributed by atoms with Crippen LogP contribution in [0.2, 0.25) is 0 Å². The molecule has 0 aliphatic heterocycles. The fraction of sp³-hybridized carbons (Fsp3) is 0.278. The van der Waals surface area contributed by atoms with Gasteiger partial charge in [0.2, 0.25) is 0 Å². The Morgan fingerprint density at radius 1 is 1.36 bits per heavy atom. The van der Waals surface area contributed by atoms with Gasteiger partial charge in [-0.25, -0.2) is 4.98 Å². The van der Waals surface area contributed by atoms with E-state index in [1.807, 2.05) is 48.4 Å². The summed E-state index contributed by atoms with van der Waals surface area (Å²) in [6.45, 7) is 5.13. The van der Waals surface area contributed by atoms with E-state index in [9.17, 15) is 4.79 Å². The van der Waals surface area contributed by atoms with Crippen LogP contribution in [0.3, 0.4) is 0 Å². The zero-order valence-corrected chi connectivity index (χ0v) is 15.8. The first kappa shape index (κ1) is 17.7. The molecule has 3 rings (SSSR count). The summed E-state index contributed by atoms with van der Waals surface area (Å²) in [4.78, 5) is 20.4. The molecule has 1 amide bonds. The molecule has 3 heterocycles. The van der Waals surface area contributed by atoms with E-state index in [0.29, 0.717) is 24.4 Å². The Bertz CT molecular complexity index is 830. The van der Waals surface area contributed by atoms with Gasteiger partial charge in [-0.15, -0.1) is 11.3 Å². The highest BCUT2D eigenvalue weighted by Gasteiger charge is 2.19. The maximum Gasteiger partial charge on any atom is 0.256 e. The summed E-state index contributed by atoms with van der Waals surface area (Å²) in [7, 11) is 0. The van der Waals surface area contributed by atoms with Crippen LogP contribution in [0.1, 0.15) is 33.6 Å². The third-order valence-electron chi connectivity index (χ3n) is 3.63. The number of hydrogen-bond acceptors (Lipinski definition) is 6. The Morgan fingerprint density at radius 3 is 2.92 bits per heavy atom. The zero-order valence-electron chi connectivity index (χ0n) is 14.1. The maximum absolute atomic E-state index is 13.0. The van der Waals surface area contributed by atoms with Crippen LogP contribution < -0.4 is 0 Å². The minimum Gasteiger partial charge on any atom is -0.361 e. The van der Waals surface area contributed by atoms with E-state index >= 15 is 0 Å². The number of nitrogens with zero attached hydrogens (tertiary/aromatic N) is 3. The smallest absolute Gasteiger partial charge is 0.256 e. The van der Waals surface area contributed by atoms with Crippen LogP contribution in [0.5, 0.6) is 0 Å². The van der Waals surface area contributed by atoms with Crippen molar-refractivity contribution in [3.63, 3.8) is 0 Å². The highest BCUT2D eigenvalue weighted by Crippen LogP contribution is 2.25. The van der Waals surface area contributed by atoms with Crippen LogP contribution in [0, 0.1) is 6.92 Å². The summed E-state index contributed by atoms with van der Waals surface area (Å²) >= 11 is 3.16. The summed E-state index contributed by atoms with van der Waals surface area (Å²) in [6, 6.07) is 9.59. The van der Waals surface area contributed by atoms with Crippen molar-refractivity contribution in [2.45, 2.75) is 31.2 Å². The average molecular weight is 374 g/mol. The number of carbonyl (C=O) groups is 1. The van der Waals surface area contributed by atoms with Crippen molar-refractivity contribution in [1.29, 1.82) is 0 Å². The lowest BCUT2D eigenvalue weighted by atomic mass is 10.2. The summed E-state index contributed by atoms with van der Waals surface area (Å²) < 4.78 is 5.09. The van der Waals surface area contributed by atoms with Crippen LogP contribution in [-0.4, -0.2) is 27.5 Å². The molecule has 7 heteroatoms. The van der Waals surface area contributed by atoms with E-state index in [0.717, 1.165) is 16.5 Å². The van der Waals surface area contributed by atoms with Gasteiger partial charge in [0.05, 0.1) is 17.8 Å². The van der Waals surface area contributed by atoms with Gasteiger partial charge in [-0.3, -0.25) is 4.79 Å². The second-order valence-corrected chi connectivity index (χ2v) is 7.47. The highest BCUT2D eigenvalue weighted by molar-refractivity contribution is 7.98. The summed E-state index contributed by atoms with van der Waals surface area (Å²) in [5.41, 5.74) is 1.48. The van der Waals surface area contributed by atoms with Gasteiger partial charge in [-0.1, -0.05) is 23.0 Å². The van der Waals surface area contributed by atoms with Crippen LogP contribution in [0.4, 0.5) is 0 Å². The first-order chi connectivity index (χ1) is 12.2. The molecule has 0 atom stereocenters. The number of thiophene rings is 1. The average Bonchev–Trinajstić information content (AvgIpc) is 3.29. The molecule has 0 saturated heterocycles. The first-order valence-corrected chi connectivity index (χ1v) is 9.85. The third kappa shape index (κ3) is 4.49. The van der Waals surface area contributed by atoms with E-state index < -0.39 is 0 Å². The minimum absolute atomic E-state index is 0.00262. The topological polar surface area (TPSA) is 59.2 Å². The number of amides is 1. The van der Waals surface area contributed by atoms with Crippen molar-refractivity contribution in [2.24, 2.45) is 0 Å². The van der Waals surface area contributed by atoms with Crippen molar-refractivity contribution in [2.75, 3.05) is 6.54 Å². The lowest BCUT2D eigenvalue weighted by Gasteiger charge is -2.21. The van der Waals surface area contributed by atoms with Crippen LogP contribution in [0.15, 0.2) is 51.5 Å². The standard InChI is InChI=1S/C18H19N3O2S2/c1-3-21(11-15-6-5-9-24-15)18(22)16-7-4-8-19-17(16)25-12-14-10-13(2)23-20-14/h4-10H,3,11-12H2,1-2H3. The molecule has 0 aliphatic rings. The van der Waals surface area contributed by atoms with Gasteiger partial charge in [0.15, 0.2) is 0 Å². The zero-order chi connectivity index (χ0) is 17.6. The molecule has 0 aromatic carbocycles. The Labute approximate surface area is 155 Å². The number of carbonyl (C=O) groups excluding carboxylic acids is 1. The lowest BCUT2D eigenvalue weighted by molar-refractivity contribution is 0.0750. The first-order valence-electron chi connectivity index (χ1n) is 7.99. The molecular weight excluding hydrogens is 354 g/mol. The SMILES string of the molecule is CCN(Cc1cccs1)C(=O)c1cccnc1SCc1cc(C)on1. The van der Waals surface area contributed by atoms with E-state index in [4.69, 9.17) is 4.52 Å². The number of rotatable bonds is 7. The summed E-state index contributed by atoms with van der Waals surface area (Å²) in [5.74, 6) is 1.40. The molecule has 0 bridgehead atoms. The molecule has 0 radical (unpaired) electrons. The van der Waals surface area contributed by atoms with Crippen molar-refractivity contribution in [3.05, 3.63) is 63.8 Å². The van der Waals surface area contributed by atoms with E-state index in [1.165, 1.54) is 16.6 Å². The second-order valence-electron chi connectivity index (χ2n) is 5.47. The Kier molecular flexibility index (Phi) is 5.88. The predicted octanol–water partition coefficient (Wildman–Crippen LogP) is 4.39. The predicted molar refractivity (Wildman–Crippen MR) is 99.8 cm³/mol. The molecule has 5 nitrogen and oxygen atoms in total. The van der Waals surface area contributed by atoms with Gasteiger partial charge in [0.1, 0.15) is 10.8 Å². The quantitative estimate of drug-likeness (QED) is 0.575. The Balaban J connectivity index is 1.75. The number of thioether (sulfide) groups is 1. The number of aryl methyl sites for hydroxylation is 1. The van der Waals surface area contributed by atoms with E-state index in [2.05, 4.69) is 10.1 Å². The third-order valence-corrected chi connectivity index (χ3v) is 5.53. The number of pyridine rings is 1. The normalized spacial score (nSPS) is 10.8.